The molecule has 17 heteroatoms. The largest absolute Gasteiger partial charge is 0.486 e. The number of halogens is 2. The number of pyridine rings is 1. The van der Waals surface area contributed by atoms with Crippen molar-refractivity contribution in [2.24, 2.45) is 0 Å². The van der Waals surface area contributed by atoms with Gasteiger partial charge in [0.05, 0.1) is 36.1 Å². The average Bonchev–Trinajstić information content (AvgIpc) is 3.46. The van der Waals surface area contributed by atoms with E-state index in [1.165, 1.54) is 12.1 Å². The van der Waals surface area contributed by atoms with Gasteiger partial charge in [-0.15, -0.1) is 0 Å². The van der Waals surface area contributed by atoms with Crippen molar-refractivity contribution in [2.45, 2.75) is 57.5 Å². The zero-order chi connectivity index (χ0) is 40.0. The predicted molar refractivity (Wildman–Crippen MR) is 203 cm³/mol. The van der Waals surface area contributed by atoms with Crippen LogP contribution < -0.4 is 25.6 Å². The summed E-state index contributed by atoms with van der Waals surface area (Å²) in [4.78, 5) is 81.5. The first-order chi connectivity index (χ1) is 27.5. The normalized spacial score (nSPS) is 18.3. The number of carbonyl (C=O) groups is 5. The van der Waals surface area contributed by atoms with Gasteiger partial charge in [0, 0.05) is 43.0 Å². The Bertz CT molecular complexity index is 2300. The standard InChI is InChI=1S/C40H39F2N9O6/c1-21(2)50-14-15-57-36-26(41)16-24(17-30(36)50)35-27(42)19-45-40(48-35)46-31-8-6-23(18-44-31)22-10-12-49(13-11-22)33(53)20-43-28-5-3-4-25-34(28)39(56)51(38(25)55)29-7-9-32(52)47-37(29)54/h3-6,8,16-19,21-22,29,43H,7,9-15,20H2,1-2H3,(H,47,52,54)(H,44,45,46,48). The molecule has 2 aromatic heterocycles. The van der Waals surface area contributed by atoms with Crippen LogP contribution in [-0.2, 0) is 14.4 Å². The Kier molecular flexibility index (Phi) is 9.97. The van der Waals surface area contributed by atoms with Gasteiger partial charge in [0.2, 0.25) is 23.7 Å². The van der Waals surface area contributed by atoms with Crippen molar-refractivity contribution in [3.8, 4) is 17.0 Å². The van der Waals surface area contributed by atoms with E-state index in [9.17, 15) is 24.0 Å². The molecule has 57 heavy (non-hydrogen) atoms. The van der Waals surface area contributed by atoms with Crippen molar-refractivity contribution >= 4 is 52.7 Å². The molecule has 0 saturated carbocycles. The summed E-state index contributed by atoms with van der Waals surface area (Å²) in [6.07, 6.45) is 4.21. The van der Waals surface area contributed by atoms with Crippen molar-refractivity contribution in [1.29, 1.82) is 0 Å². The first-order valence-electron chi connectivity index (χ1n) is 18.8. The molecule has 6 heterocycles. The number of nitrogens with zero attached hydrogens (tertiary/aromatic N) is 6. The van der Waals surface area contributed by atoms with E-state index < -0.39 is 41.3 Å². The first kappa shape index (κ1) is 37.4. The fourth-order valence-corrected chi connectivity index (χ4v) is 7.85. The summed E-state index contributed by atoms with van der Waals surface area (Å²) in [6, 6.07) is 10.3. The van der Waals surface area contributed by atoms with Gasteiger partial charge in [0.25, 0.3) is 11.8 Å². The summed E-state index contributed by atoms with van der Waals surface area (Å²) in [6.45, 7) is 5.79. The minimum atomic E-state index is -1.09. The fourth-order valence-electron chi connectivity index (χ4n) is 7.85. The van der Waals surface area contributed by atoms with E-state index in [0.717, 1.165) is 16.7 Å². The summed E-state index contributed by atoms with van der Waals surface area (Å²) < 4.78 is 35.7. The summed E-state index contributed by atoms with van der Waals surface area (Å²) in [7, 11) is 0. The third-order valence-electron chi connectivity index (χ3n) is 10.8. The summed E-state index contributed by atoms with van der Waals surface area (Å²) in [5.41, 5.74) is 2.24. The fraction of sp³-hybridized carbons (Fsp3) is 0.350. The van der Waals surface area contributed by atoms with E-state index in [-0.39, 0.29) is 71.3 Å². The van der Waals surface area contributed by atoms with Crippen LogP contribution in [0.5, 0.6) is 5.75 Å². The number of nitrogens with one attached hydrogen (secondary N) is 3. The van der Waals surface area contributed by atoms with Crippen LogP contribution in [0, 0.1) is 11.6 Å². The molecular weight excluding hydrogens is 740 g/mol. The second-order valence-electron chi connectivity index (χ2n) is 14.6. The molecule has 15 nitrogen and oxygen atoms in total. The maximum absolute atomic E-state index is 15.1. The molecule has 4 aliphatic heterocycles. The Morgan fingerprint density at radius 2 is 1.77 bits per heavy atom. The van der Waals surface area contributed by atoms with Crippen molar-refractivity contribution in [3.63, 3.8) is 0 Å². The van der Waals surface area contributed by atoms with Gasteiger partial charge in [-0.2, -0.15) is 0 Å². The van der Waals surface area contributed by atoms with Gasteiger partial charge in [-0.25, -0.2) is 23.7 Å². The second kappa shape index (κ2) is 15.2. The Balaban J connectivity index is 0.867. The van der Waals surface area contributed by atoms with Crippen LogP contribution in [0.25, 0.3) is 11.3 Å². The van der Waals surface area contributed by atoms with Gasteiger partial charge < -0.3 is 25.2 Å². The number of anilines is 4. The minimum Gasteiger partial charge on any atom is -0.486 e. The number of amides is 5. The highest BCUT2D eigenvalue weighted by atomic mass is 19.1. The number of ether oxygens (including phenoxy) is 1. The van der Waals surface area contributed by atoms with E-state index in [4.69, 9.17) is 4.74 Å². The van der Waals surface area contributed by atoms with E-state index in [1.807, 2.05) is 24.8 Å². The van der Waals surface area contributed by atoms with Gasteiger partial charge >= 0.3 is 0 Å². The summed E-state index contributed by atoms with van der Waals surface area (Å²) in [5.74, 6) is -3.10. The molecule has 5 amide bonds. The molecule has 0 aliphatic carbocycles. The SMILES string of the molecule is CC(C)N1CCOc2c(F)cc(-c3nc(Nc4ccc(C5CCN(C(=O)CNc6cccc7c6C(=O)N(C6CCC(=O)NC6=O)C7=O)CC5)cn4)ncc3F)cc21. The third-order valence-corrected chi connectivity index (χ3v) is 10.8. The number of fused-ring (bicyclic) bond motifs is 2. The van der Waals surface area contributed by atoms with Gasteiger partial charge in [0.1, 0.15) is 24.2 Å². The van der Waals surface area contributed by atoms with Gasteiger partial charge in [0.15, 0.2) is 17.4 Å². The number of piperidine rings is 2. The quantitative estimate of drug-likeness (QED) is 0.205. The molecule has 0 bridgehead atoms. The second-order valence-corrected chi connectivity index (χ2v) is 14.6. The number of imide groups is 2. The van der Waals surface area contributed by atoms with E-state index in [2.05, 4.69) is 30.9 Å². The van der Waals surface area contributed by atoms with Crippen LogP contribution in [-0.4, -0.2) is 99.2 Å². The molecule has 0 spiro atoms. The van der Waals surface area contributed by atoms with E-state index in [1.54, 1.807) is 35.4 Å². The van der Waals surface area contributed by atoms with Crippen LogP contribution in [0.15, 0.2) is 54.9 Å². The Morgan fingerprint density at radius 1 is 0.965 bits per heavy atom. The average molecular weight is 780 g/mol. The molecule has 2 aromatic carbocycles. The highest BCUT2D eigenvalue weighted by Gasteiger charge is 2.45. The van der Waals surface area contributed by atoms with Crippen LogP contribution >= 0.6 is 0 Å². The lowest BCUT2D eigenvalue weighted by Crippen LogP contribution is -2.54. The van der Waals surface area contributed by atoms with E-state index in [0.29, 0.717) is 56.3 Å². The summed E-state index contributed by atoms with van der Waals surface area (Å²) >= 11 is 0. The molecule has 8 rings (SSSR count). The smallest absolute Gasteiger partial charge is 0.264 e. The van der Waals surface area contributed by atoms with Crippen molar-refractivity contribution < 1.29 is 37.5 Å². The number of hydrogen-bond donors (Lipinski definition) is 3. The summed E-state index contributed by atoms with van der Waals surface area (Å²) in [5, 5.41) is 8.21. The molecule has 1 unspecified atom stereocenters. The van der Waals surface area contributed by atoms with Gasteiger partial charge in [-0.3, -0.25) is 34.2 Å². The molecule has 2 fully saturated rings. The molecule has 294 valence electrons. The highest BCUT2D eigenvalue weighted by molar-refractivity contribution is 6.25. The van der Waals surface area contributed by atoms with Crippen molar-refractivity contribution in [1.82, 2.24) is 30.1 Å². The monoisotopic (exact) mass is 779 g/mol. The molecule has 4 aromatic rings. The topological polar surface area (TPSA) is 179 Å². The highest BCUT2D eigenvalue weighted by Crippen LogP contribution is 2.40. The zero-order valence-electron chi connectivity index (χ0n) is 31.2. The molecular formula is C40H39F2N9O6. The lowest BCUT2D eigenvalue weighted by atomic mass is 9.90. The van der Waals surface area contributed by atoms with E-state index >= 15 is 8.78 Å². The number of benzene rings is 2. The predicted octanol–water partition coefficient (Wildman–Crippen LogP) is 4.39. The molecule has 3 N–H and O–H groups in total. The lowest BCUT2D eigenvalue weighted by Gasteiger charge is -2.34. The molecule has 0 radical (unpaired) electrons. The number of aromatic nitrogens is 3. The number of carbonyl (C=O) groups excluding carboxylic acids is 5. The Labute approximate surface area is 325 Å². The van der Waals surface area contributed by atoms with Crippen LogP contribution in [0.2, 0.25) is 0 Å². The Hall–Kier alpha value is -6.52. The lowest BCUT2D eigenvalue weighted by molar-refractivity contribution is -0.136. The molecule has 4 aliphatic rings. The zero-order valence-corrected chi connectivity index (χ0v) is 31.2. The maximum atomic E-state index is 15.1. The number of likely N-dealkylation sites (tertiary alicyclic amines) is 1. The van der Waals surface area contributed by atoms with Gasteiger partial charge in [-0.05, 0) is 74.9 Å². The van der Waals surface area contributed by atoms with Crippen molar-refractivity contribution in [3.05, 3.63) is 83.2 Å². The van der Waals surface area contributed by atoms with Crippen LogP contribution in [0.4, 0.5) is 31.9 Å². The number of hydrogen-bond acceptors (Lipinski definition) is 12. The Morgan fingerprint density at radius 3 is 2.51 bits per heavy atom. The molecule has 2 saturated heterocycles. The van der Waals surface area contributed by atoms with Crippen molar-refractivity contribution in [2.75, 3.05) is 48.3 Å². The number of rotatable bonds is 9. The van der Waals surface area contributed by atoms with Crippen LogP contribution in [0.1, 0.15) is 71.7 Å². The minimum absolute atomic E-state index is 0.0175. The van der Waals surface area contributed by atoms with Gasteiger partial charge in [-0.1, -0.05) is 12.1 Å². The first-order valence-corrected chi connectivity index (χ1v) is 18.8. The third kappa shape index (κ3) is 7.20. The molecule has 1 atom stereocenters. The maximum Gasteiger partial charge on any atom is 0.264 e. The van der Waals surface area contributed by atoms with Crippen LogP contribution in [0.3, 0.4) is 0 Å².